The number of rotatable bonds is 9. The van der Waals surface area contributed by atoms with Crippen molar-refractivity contribution in [2.24, 2.45) is 4.99 Å². The number of benzene rings is 2. The third kappa shape index (κ3) is 6.83. The van der Waals surface area contributed by atoms with E-state index in [1.165, 1.54) is 22.3 Å². The fourth-order valence-electron chi connectivity index (χ4n) is 3.58. The number of nitrogens with zero attached hydrogens (tertiary/aromatic N) is 2. The normalized spacial score (nSPS) is 15.2. The van der Waals surface area contributed by atoms with Crippen LogP contribution < -0.4 is 10.6 Å². The SMILES string of the molecule is CCNC(=NCc1ccccc1CN1CCOCC1)NCc1ccccc1COC. The highest BCUT2D eigenvalue weighted by atomic mass is 16.5. The highest BCUT2D eigenvalue weighted by Gasteiger charge is 2.12. The maximum atomic E-state index is 5.47. The van der Waals surface area contributed by atoms with Gasteiger partial charge < -0.3 is 20.1 Å². The Labute approximate surface area is 180 Å². The van der Waals surface area contributed by atoms with Gasteiger partial charge in [-0.1, -0.05) is 48.5 Å². The molecule has 1 heterocycles. The summed E-state index contributed by atoms with van der Waals surface area (Å²) in [5.74, 6) is 0.825. The number of ether oxygens (including phenoxy) is 2. The van der Waals surface area contributed by atoms with Gasteiger partial charge in [0.15, 0.2) is 5.96 Å². The van der Waals surface area contributed by atoms with Crippen LogP contribution in [0.1, 0.15) is 29.2 Å². The van der Waals surface area contributed by atoms with Crippen LogP contribution in [0, 0.1) is 0 Å². The van der Waals surface area contributed by atoms with E-state index in [0.29, 0.717) is 19.7 Å². The van der Waals surface area contributed by atoms with E-state index in [2.05, 4.69) is 64.9 Å². The number of nitrogens with one attached hydrogen (secondary N) is 2. The van der Waals surface area contributed by atoms with E-state index in [9.17, 15) is 0 Å². The molecule has 0 aliphatic carbocycles. The first-order valence-electron chi connectivity index (χ1n) is 10.7. The maximum absolute atomic E-state index is 5.47. The minimum Gasteiger partial charge on any atom is -0.380 e. The minimum absolute atomic E-state index is 0.612. The second kappa shape index (κ2) is 12.3. The predicted molar refractivity (Wildman–Crippen MR) is 121 cm³/mol. The average molecular weight is 411 g/mol. The van der Waals surface area contributed by atoms with Crippen molar-refractivity contribution in [3.05, 3.63) is 70.8 Å². The molecule has 1 saturated heterocycles. The summed E-state index contributed by atoms with van der Waals surface area (Å²) in [5.41, 5.74) is 5.02. The summed E-state index contributed by atoms with van der Waals surface area (Å²) in [6.07, 6.45) is 0. The number of hydrogen-bond donors (Lipinski definition) is 2. The standard InChI is InChI=1S/C24H34N4O2/c1-3-25-24(27-17-21-9-5-7-11-23(21)19-29-2)26-16-20-8-4-6-10-22(20)18-28-12-14-30-15-13-28/h4-11H,3,12-19H2,1-2H3,(H2,25,26,27). The number of hydrogen-bond acceptors (Lipinski definition) is 4. The molecule has 1 aliphatic heterocycles. The minimum atomic E-state index is 0.612. The summed E-state index contributed by atoms with van der Waals surface area (Å²) < 4.78 is 10.8. The first-order chi connectivity index (χ1) is 14.8. The van der Waals surface area contributed by atoms with Crippen molar-refractivity contribution in [2.45, 2.75) is 33.2 Å². The molecule has 0 unspecified atom stereocenters. The Kier molecular flexibility index (Phi) is 9.15. The Morgan fingerprint density at radius 1 is 0.967 bits per heavy atom. The van der Waals surface area contributed by atoms with E-state index < -0.39 is 0 Å². The van der Waals surface area contributed by atoms with E-state index in [-0.39, 0.29) is 0 Å². The van der Waals surface area contributed by atoms with Gasteiger partial charge in [0.05, 0.1) is 26.4 Å². The molecule has 3 rings (SSSR count). The molecule has 0 atom stereocenters. The van der Waals surface area contributed by atoms with Gasteiger partial charge in [-0.05, 0) is 29.2 Å². The Morgan fingerprint density at radius 2 is 1.63 bits per heavy atom. The molecule has 1 aliphatic rings. The van der Waals surface area contributed by atoms with Crippen LogP contribution in [0.3, 0.4) is 0 Å². The Bertz CT molecular complexity index is 803. The second-order valence-electron chi connectivity index (χ2n) is 7.41. The van der Waals surface area contributed by atoms with E-state index >= 15 is 0 Å². The zero-order valence-electron chi connectivity index (χ0n) is 18.2. The van der Waals surface area contributed by atoms with Gasteiger partial charge in [0.2, 0.25) is 0 Å². The molecule has 6 nitrogen and oxygen atoms in total. The van der Waals surface area contributed by atoms with Crippen molar-refractivity contribution in [1.82, 2.24) is 15.5 Å². The van der Waals surface area contributed by atoms with Gasteiger partial charge >= 0.3 is 0 Å². The third-order valence-corrected chi connectivity index (χ3v) is 5.23. The zero-order valence-corrected chi connectivity index (χ0v) is 18.2. The van der Waals surface area contributed by atoms with Gasteiger partial charge in [0, 0.05) is 39.8 Å². The van der Waals surface area contributed by atoms with Crippen LogP contribution in [-0.2, 0) is 35.7 Å². The van der Waals surface area contributed by atoms with Gasteiger partial charge in [-0.15, -0.1) is 0 Å². The smallest absolute Gasteiger partial charge is 0.191 e. The number of morpholine rings is 1. The molecule has 0 saturated carbocycles. The predicted octanol–water partition coefficient (Wildman–Crippen LogP) is 2.92. The number of guanidine groups is 1. The van der Waals surface area contributed by atoms with Crippen molar-refractivity contribution >= 4 is 5.96 Å². The number of methoxy groups -OCH3 is 1. The molecule has 0 bridgehead atoms. The molecule has 2 aromatic rings. The van der Waals surface area contributed by atoms with E-state index in [1.807, 2.05) is 6.07 Å². The average Bonchev–Trinajstić information content (AvgIpc) is 2.78. The molecule has 2 aromatic carbocycles. The molecular formula is C24H34N4O2. The quantitative estimate of drug-likeness (QED) is 0.492. The van der Waals surface area contributed by atoms with Crippen LogP contribution in [0.25, 0.3) is 0 Å². The van der Waals surface area contributed by atoms with Gasteiger partial charge in [-0.25, -0.2) is 4.99 Å². The fraction of sp³-hybridized carbons (Fsp3) is 0.458. The monoisotopic (exact) mass is 410 g/mol. The summed E-state index contributed by atoms with van der Waals surface area (Å²) >= 11 is 0. The molecule has 0 aromatic heterocycles. The summed E-state index contributed by atoms with van der Waals surface area (Å²) in [6, 6.07) is 16.9. The Hall–Kier alpha value is -2.41. The summed E-state index contributed by atoms with van der Waals surface area (Å²) in [7, 11) is 1.73. The molecule has 6 heteroatoms. The Morgan fingerprint density at radius 3 is 2.33 bits per heavy atom. The van der Waals surface area contributed by atoms with Crippen LogP contribution in [0.5, 0.6) is 0 Å². The summed E-state index contributed by atoms with van der Waals surface area (Å²) in [5, 5.41) is 6.82. The zero-order chi connectivity index (χ0) is 21.0. The molecule has 0 spiro atoms. The molecular weight excluding hydrogens is 376 g/mol. The van der Waals surface area contributed by atoms with Crippen LogP contribution in [0.15, 0.2) is 53.5 Å². The lowest BCUT2D eigenvalue weighted by atomic mass is 10.1. The first-order valence-corrected chi connectivity index (χ1v) is 10.7. The molecule has 1 fully saturated rings. The van der Waals surface area contributed by atoms with Crippen LogP contribution in [0.4, 0.5) is 0 Å². The largest absolute Gasteiger partial charge is 0.380 e. The van der Waals surface area contributed by atoms with E-state index in [4.69, 9.17) is 14.5 Å². The van der Waals surface area contributed by atoms with Crippen LogP contribution in [0.2, 0.25) is 0 Å². The van der Waals surface area contributed by atoms with Crippen molar-refractivity contribution in [2.75, 3.05) is 40.0 Å². The molecule has 0 radical (unpaired) electrons. The summed E-state index contributed by atoms with van der Waals surface area (Å²) in [4.78, 5) is 7.29. The molecule has 162 valence electrons. The topological polar surface area (TPSA) is 58.1 Å². The van der Waals surface area contributed by atoms with E-state index in [0.717, 1.165) is 45.4 Å². The second-order valence-corrected chi connectivity index (χ2v) is 7.41. The van der Waals surface area contributed by atoms with Gasteiger partial charge in [-0.3, -0.25) is 4.90 Å². The molecule has 0 amide bonds. The van der Waals surface area contributed by atoms with Crippen LogP contribution >= 0.6 is 0 Å². The highest BCUT2D eigenvalue weighted by molar-refractivity contribution is 5.79. The van der Waals surface area contributed by atoms with Crippen LogP contribution in [-0.4, -0.2) is 50.8 Å². The third-order valence-electron chi connectivity index (χ3n) is 5.23. The van der Waals surface area contributed by atoms with Gasteiger partial charge in [-0.2, -0.15) is 0 Å². The number of aliphatic imine (C=N–C) groups is 1. The lowest BCUT2D eigenvalue weighted by Gasteiger charge is -2.27. The van der Waals surface area contributed by atoms with E-state index in [1.54, 1.807) is 7.11 Å². The lowest BCUT2D eigenvalue weighted by molar-refractivity contribution is 0.0341. The molecule has 30 heavy (non-hydrogen) atoms. The van der Waals surface area contributed by atoms with Gasteiger partial charge in [0.25, 0.3) is 0 Å². The van der Waals surface area contributed by atoms with Gasteiger partial charge in [0.1, 0.15) is 0 Å². The van der Waals surface area contributed by atoms with Crippen molar-refractivity contribution in [3.63, 3.8) is 0 Å². The first kappa shape index (κ1) is 22.3. The van der Waals surface area contributed by atoms with Crippen molar-refractivity contribution in [1.29, 1.82) is 0 Å². The summed E-state index contributed by atoms with van der Waals surface area (Å²) in [6.45, 7) is 9.44. The molecule has 2 N–H and O–H groups in total. The Balaban J connectivity index is 1.65. The van der Waals surface area contributed by atoms with Crippen molar-refractivity contribution < 1.29 is 9.47 Å². The van der Waals surface area contributed by atoms with Crippen molar-refractivity contribution in [3.8, 4) is 0 Å². The maximum Gasteiger partial charge on any atom is 0.191 e. The lowest BCUT2D eigenvalue weighted by Crippen LogP contribution is -2.37. The highest BCUT2D eigenvalue weighted by Crippen LogP contribution is 2.14. The fourth-order valence-corrected chi connectivity index (χ4v) is 3.58.